The first-order valence-electron chi connectivity index (χ1n) is 7.82. The SMILES string of the molecule is CC1(C)OC1Cn1ncc(CCCOCc2ccccc2)n1. The van der Waals surface area contributed by atoms with Crippen molar-refractivity contribution in [2.24, 2.45) is 0 Å². The molecule has 0 amide bonds. The van der Waals surface area contributed by atoms with E-state index < -0.39 is 0 Å². The van der Waals surface area contributed by atoms with Gasteiger partial charge in [-0.1, -0.05) is 30.3 Å². The number of hydrogen-bond acceptors (Lipinski definition) is 4. The summed E-state index contributed by atoms with van der Waals surface area (Å²) in [5.74, 6) is 0. The number of hydrogen-bond donors (Lipinski definition) is 0. The van der Waals surface area contributed by atoms with Crippen molar-refractivity contribution in [3.05, 3.63) is 47.8 Å². The van der Waals surface area contributed by atoms with Crippen LogP contribution in [-0.2, 0) is 29.0 Å². The summed E-state index contributed by atoms with van der Waals surface area (Å²) >= 11 is 0. The highest BCUT2D eigenvalue weighted by molar-refractivity contribution is 5.13. The topological polar surface area (TPSA) is 52.5 Å². The normalized spacial score (nSPS) is 19.3. The number of aromatic nitrogens is 3. The molecule has 0 radical (unpaired) electrons. The van der Waals surface area contributed by atoms with Gasteiger partial charge in [0.25, 0.3) is 0 Å². The Morgan fingerprint density at radius 3 is 2.77 bits per heavy atom. The third-order valence-electron chi connectivity index (χ3n) is 3.91. The van der Waals surface area contributed by atoms with Gasteiger partial charge in [0.2, 0.25) is 0 Å². The van der Waals surface area contributed by atoms with E-state index in [9.17, 15) is 0 Å². The molecule has 22 heavy (non-hydrogen) atoms. The predicted octanol–water partition coefficient (Wildman–Crippen LogP) is 2.60. The second kappa shape index (κ2) is 6.58. The first-order valence-corrected chi connectivity index (χ1v) is 7.82. The first-order chi connectivity index (χ1) is 10.6. The molecule has 1 aliphatic heterocycles. The molecule has 1 unspecified atom stereocenters. The van der Waals surface area contributed by atoms with Crippen LogP contribution in [0.15, 0.2) is 36.5 Å². The number of aryl methyl sites for hydroxylation is 1. The lowest BCUT2D eigenvalue weighted by Gasteiger charge is -2.03. The second-order valence-electron chi connectivity index (χ2n) is 6.24. The third-order valence-corrected chi connectivity index (χ3v) is 3.91. The minimum atomic E-state index is -0.0148. The van der Waals surface area contributed by atoms with Crippen molar-refractivity contribution in [2.75, 3.05) is 6.61 Å². The Kier molecular flexibility index (Phi) is 4.55. The molecule has 1 aliphatic rings. The standard InChI is InChI=1S/C17H23N3O2/c1-17(2)16(22-17)12-20-18-11-15(19-20)9-6-10-21-13-14-7-4-3-5-8-14/h3-5,7-8,11,16H,6,9-10,12-13H2,1-2H3. The van der Waals surface area contributed by atoms with Crippen LogP contribution < -0.4 is 0 Å². The minimum absolute atomic E-state index is 0.0148. The van der Waals surface area contributed by atoms with E-state index in [0.29, 0.717) is 6.61 Å². The number of benzene rings is 1. The Hall–Kier alpha value is -1.72. The molecule has 5 heteroatoms. The van der Waals surface area contributed by atoms with Crippen LogP contribution in [-0.4, -0.2) is 33.3 Å². The van der Waals surface area contributed by atoms with E-state index in [0.717, 1.165) is 31.7 Å². The lowest BCUT2D eigenvalue weighted by Crippen LogP contribution is -2.13. The molecule has 2 heterocycles. The molecule has 0 N–H and O–H groups in total. The summed E-state index contributed by atoms with van der Waals surface area (Å²) in [5, 5.41) is 8.77. The van der Waals surface area contributed by atoms with Crippen LogP contribution in [0, 0.1) is 0 Å². The fourth-order valence-corrected chi connectivity index (χ4v) is 2.39. The zero-order valence-electron chi connectivity index (χ0n) is 13.2. The largest absolute Gasteiger partial charge is 0.377 e. The molecule has 1 aromatic carbocycles. The molecule has 0 bridgehead atoms. The van der Waals surface area contributed by atoms with E-state index in [1.807, 2.05) is 24.4 Å². The maximum absolute atomic E-state index is 5.68. The summed E-state index contributed by atoms with van der Waals surface area (Å²) in [7, 11) is 0. The molecule has 3 rings (SSSR count). The highest BCUT2D eigenvalue weighted by Crippen LogP contribution is 2.35. The molecule has 1 aromatic heterocycles. The Labute approximate surface area is 131 Å². The monoisotopic (exact) mass is 301 g/mol. The van der Waals surface area contributed by atoms with Crippen molar-refractivity contribution in [3.63, 3.8) is 0 Å². The van der Waals surface area contributed by atoms with Gasteiger partial charge in [-0.05, 0) is 32.3 Å². The van der Waals surface area contributed by atoms with Gasteiger partial charge in [-0.25, -0.2) is 0 Å². The van der Waals surface area contributed by atoms with Gasteiger partial charge < -0.3 is 9.47 Å². The molecule has 118 valence electrons. The Balaban J connectivity index is 1.33. The first kappa shape index (κ1) is 15.2. The smallest absolute Gasteiger partial charge is 0.108 e. The summed E-state index contributed by atoms with van der Waals surface area (Å²) < 4.78 is 11.2. The van der Waals surface area contributed by atoms with Crippen molar-refractivity contribution in [2.45, 2.75) is 51.5 Å². The number of ether oxygens (including phenoxy) is 2. The maximum atomic E-state index is 5.68. The van der Waals surface area contributed by atoms with Crippen LogP contribution in [0.2, 0.25) is 0 Å². The van der Waals surface area contributed by atoms with Gasteiger partial charge in [0.1, 0.15) is 6.10 Å². The van der Waals surface area contributed by atoms with Gasteiger partial charge in [-0.15, -0.1) is 0 Å². The molecule has 0 saturated carbocycles. The van der Waals surface area contributed by atoms with Crippen molar-refractivity contribution < 1.29 is 9.47 Å². The van der Waals surface area contributed by atoms with Crippen LogP contribution in [0.1, 0.15) is 31.5 Å². The van der Waals surface area contributed by atoms with Gasteiger partial charge in [0.15, 0.2) is 0 Å². The number of rotatable bonds is 8. The predicted molar refractivity (Wildman–Crippen MR) is 83.4 cm³/mol. The van der Waals surface area contributed by atoms with Crippen LogP contribution in [0.5, 0.6) is 0 Å². The summed E-state index contributed by atoms with van der Waals surface area (Å²) in [6, 6.07) is 10.2. The number of nitrogens with zero attached hydrogens (tertiary/aromatic N) is 3. The van der Waals surface area contributed by atoms with Crippen molar-refractivity contribution in [1.29, 1.82) is 0 Å². The van der Waals surface area contributed by atoms with E-state index in [-0.39, 0.29) is 11.7 Å². The van der Waals surface area contributed by atoms with Gasteiger partial charge >= 0.3 is 0 Å². The lowest BCUT2D eigenvalue weighted by atomic mass is 10.1. The van der Waals surface area contributed by atoms with Gasteiger partial charge in [-0.3, -0.25) is 0 Å². The van der Waals surface area contributed by atoms with Gasteiger partial charge in [0.05, 0.1) is 30.6 Å². The Morgan fingerprint density at radius 1 is 1.27 bits per heavy atom. The van der Waals surface area contributed by atoms with Crippen molar-refractivity contribution in [1.82, 2.24) is 15.0 Å². The highest BCUT2D eigenvalue weighted by atomic mass is 16.6. The summed E-state index contributed by atoms with van der Waals surface area (Å²) in [6.45, 7) is 6.32. The van der Waals surface area contributed by atoms with E-state index in [4.69, 9.17) is 9.47 Å². The average Bonchev–Trinajstić information content (AvgIpc) is 2.90. The zero-order valence-corrected chi connectivity index (χ0v) is 13.2. The molecule has 2 aromatic rings. The van der Waals surface area contributed by atoms with E-state index in [1.54, 1.807) is 4.80 Å². The van der Waals surface area contributed by atoms with Gasteiger partial charge in [0, 0.05) is 6.61 Å². The van der Waals surface area contributed by atoms with E-state index in [1.165, 1.54) is 5.56 Å². The van der Waals surface area contributed by atoms with Crippen LogP contribution >= 0.6 is 0 Å². The van der Waals surface area contributed by atoms with E-state index in [2.05, 4.69) is 36.2 Å². The molecule has 0 spiro atoms. The molecule has 1 saturated heterocycles. The summed E-state index contributed by atoms with van der Waals surface area (Å²) in [5.41, 5.74) is 2.21. The summed E-state index contributed by atoms with van der Waals surface area (Å²) in [6.07, 6.45) is 3.93. The van der Waals surface area contributed by atoms with Crippen LogP contribution in [0.3, 0.4) is 0 Å². The third kappa shape index (κ3) is 4.15. The maximum Gasteiger partial charge on any atom is 0.108 e. The fourth-order valence-electron chi connectivity index (χ4n) is 2.39. The fraction of sp³-hybridized carbons (Fsp3) is 0.529. The molecular weight excluding hydrogens is 278 g/mol. The minimum Gasteiger partial charge on any atom is -0.377 e. The summed E-state index contributed by atoms with van der Waals surface area (Å²) in [4.78, 5) is 1.74. The average molecular weight is 301 g/mol. The lowest BCUT2D eigenvalue weighted by molar-refractivity contribution is 0.118. The Bertz CT molecular complexity index is 595. The zero-order chi connectivity index (χ0) is 15.4. The molecule has 1 atom stereocenters. The Morgan fingerprint density at radius 2 is 2.05 bits per heavy atom. The molecular formula is C17H23N3O2. The van der Waals surface area contributed by atoms with Crippen molar-refractivity contribution in [3.8, 4) is 0 Å². The molecule has 1 fully saturated rings. The second-order valence-corrected chi connectivity index (χ2v) is 6.24. The van der Waals surface area contributed by atoms with Crippen LogP contribution in [0.25, 0.3) is 0 Å². The quantitative estimate of drug-likeness (QED) is 0.555. The molecule has 5 nitrogen and oxygen atoms in total. The highest BCUT2D eigenvalue weighted by Gasteiger charge is 2.48. The van der Waals surface area contributed by atoms with Crippen molar-refractivity contribution >= 4 is 0 Å². The van der Waals surface area contributed by atoms with Gasteiger partial charge in [-0.2, -0.15) is 15.0 Å². The number of epoxide rings is 1. The van der Waals surface area contributed by atoms with Crippen LogP contribution in [0.4, 0.5) is 0 Å². The van der Waals surface area contributed by atoms with E-state index >= 15 is 0 Å². The molecule has 0 aliphatic carbocycles.